The number of nitrogens with one attached hydrogen (secondary N) is 2. The lowest BCUT2D eigenvalue weighted by Gasteiger charge is -2.13. The topological polar surface area (TPSA) is 41.1 Å². The largest absolute Gasteiger partial charge is 0.417 e. The molecular formula is C14H18ClF3N2O. The van der Waals surface area contributed by atoms with Crippen molar-refractivity contribution in [2.45, 2.75) is 19.0 Å². The van der Waals surface area contributed by atoms with Gasteiger partial charge >= 0.3 is 6.18 Å². The van der Waals surface area contributed by atoms with Gasteiger partial charge in [0.25, 0.3) is 5.91 Å². The SMILES string of the molecule is Cl.O=C(NCCC1CCNC1)c1ccccc1C(F)(F)F. The Bertz CT molecular complexity index is 474. The van der Waals surface area contributed by atoms with E-state index in [1.165, 1.54) is 18.2 Å². The van der Waals surface area contributed by atoms with Gasteiger partial charge in [-0.3, -0.25) is 4.79 Å². The first-order chi connectivity index (χ1) is 9.48. The molecule has 3 nitrogen and oxygen atoms in total. The maximum absolute atomic E-state index is 12.8. The number of hydrogen-bond acceptors (Lipinski definition) is 2. The summed E-state index contributed by atoms with van der Waals surface area (Å²) in [6.07, 6.45) is -2.68. The third-order valence-electron chi connectivity index (χ3n) is 3.48. The Balaban J connectivity index is 0.00000220. The predicted molar refractivity (Wildman–Crippen MR) is 76.6 cm³/mol. The molecule has 1 aromatic carbocycles. The number of carbonyl (C=O) groups excluding carboxylic acids is 1. The van der Waals surface area contributed by atoms with E-state index in [4.69, 9.17) is 0 Å². The average Bonchev–Trinajstić information content (AvgIpc) is 2.91. The fourth-order valence-electron chi connectivity index (χ4n) is 2.37. The van der Waals surface area contributed by atoms with E-state index in [0.29, 0.717) is 12.5 Å². The van der Waals surface area contributed by atoms with Crippen LogP contribution in [-0.4, -0.2) is 25.5 Å². The third kappa shape index (κ3) is 4.89. The van der Waals surface area contributed by atoms with Crippen LogP contribution in [0.1, 0.15) is 28.8 Å². The molecule has 1 fully saturated rings. The Labute approximate surface area is 127 Å². The highest BCUT2D eigenvalue weighted by Crippen LogP contribution is 2.31. The Morgan fingerprint density at radius 2 is 2.05 bits per heavy atom. The van der Waals surface area contributed by atoms with Crippen LogP contribution in [0.25, 0.3) is 0 Å². The lowest BCUT2D eigenvalue weighted by atomic mass is 10.0. The van der Waals surface area contributed by atoms with Crippen molar-refractivity contribution < 1.29 is 18.0 Å². The molecule has 7 heteroatoms. The van der Waals surface area contributed by atoms with E-state index >= 15 is 0 Å². The first kappa shape index (κ1) is 17.8. The average molecular weight is 323 g/mol. The second-order valence-electron chi connectivity index (χ2n) is 4.95. The summed E-state index contributed by atoms with van der Waals surface area (Å²) in [5, 5.41) is 5.78. The molecule has 1 aliphatic heterocycles. The molecule has 0 aromatic heterocycles. The van der Waals surface area contributed by atoms with E-state index in [0.717, 1.165) is 32.0 Å². The van der Waals surface area contributed by atoms with Crippen molar-refractivity contribution in [2.24, 2.45) is 5.92 Å². The smallest absolute Gasteiger partial charge is 0.352 e. The molecule has 1 heterocycles. The molecule has 1 unspecified atom stereocenters. The van der Waals surface area contributed by atoms with Crippen LogP contribution in [0.3, 0.4) is 0 Å². The van der Waals surface area contributed by atoms with E-state index in [1.807, 2.05) is 0 Å². The van der Waals surface area contributed by atoms with Gasteiger partial charge in [0.05, 0.1) is 11.1 Å². The third-order valence-corrected chi connectivity index (χ3v) is 3.48. The number of benzene rings is 1. The zero-order valence-electron chi connectivity index (χ0n) is 11.4. The van der Waals surface area contributed by atoms with Gasteiger partial charge in [0.2, 0.25) is 0 Å². The number of alkyl halides is 3. The van der Waals surface area contributed by atoms with Crippen LogP contribution >= 0.6 is 12.4 Å². The summed E-state index contributed by atoms with van der Waals surface area (Å²) >= 11 is 0. The van der Waals surface area contributed by atoms with E-state index in [-0.39, 0.29) is 18.0 Å². The summed E-state index contributed by atoms with van der Waals surface area (Å²) < 4.78 is 38.4. The summed E-state index contributed by atoms with van der Waals surface area (Å²) in [5.74, 6) is -0.169. The minimum atomic E-state index is -4.51. The second kappa shape index (κ2) is 7.66. The molecule has 0 saturated carbocycles. The first-order valence-corrected chi connectivity index (χ1v) is 6.63. The van der Waals surface area contributed by atoms with Crippen LogP contribution in [0, 0.1) is 5.92 Å². The van der Waals surface area contributed by atoms with E-state index in [1.54, 1.807) is 0 Å². The highest BCUT2D eigenvalue weighted by atomic mass is 35.5. The minimum Gasteiger partial charge on any atom is -0.352 e. The van der Waals surface area contributed by atoms with Gasteiger partial charge in [-0.1, -0.05) is 12.1 Å². The molecule has 1 atom stereocenters. The number of amides is 1. The number of halogens is 4. The van der Waals surface area contributed by atoms with Crippen molar-refractivity contribution >= 4 is 18.3 Å². The van der Waals surface area contributed by atoms with E-state index < -0.39 is 17.6 Å². The van der Waals surface area contributed by atoms with E-state index in [2.05, 4.69) is 10.6 Å². The molecule has 1 aliphatic rings. The Morgan fingerprint density at radius 1 is 1.33 bits per heavy atom. The second-order valence-corrected chi connectivity index (χ2v) is 4.95. The molecule has 1 aromatic rings. The zero-order chi connectivity index (χ0) is 14.6. The van der Waals surface area contributed by atoms with Crippen molar-refractivity contribution in [3.63, 3.8) is 0 Å². The monoisotopic (exact) mass is 322 g/mol. The van der Waals surface area contributed by atoms with Crippen LogP contribution in [0.15, 0.2) is 24.3 Å². The van der Waals surface area contributed by atoms with Gasteiger partial charge in [0.1, 0.15) is 0 Å². The van der Waals surface area contributed by atoms with E-state index in [9.17, 15) is 18.0 Å². The van der Waals surface area contributed by atoms with Crippen LogP contribution in [-0.2, 0) is 6.18 Å². The van der Waals surface area contributed by atoms with Crippen LogP contribution in [0.4, 0.5) is 13.2 Å². The van der Waals surface area contributed by atoms with Crippen molar-refractivity contribution in [3.8, 4) is 0 Å². The van der Waals surface area contributed by atoms with Gasteiger partial charge in [-0.05, 0) is 44.0 Å². The van der Waals surface area contributed by atoms with Gasteiger partial charge in [0.15, 0.2) is 0 Å². The van der Waals surface area contributed by atoms with Crippen LogP contribution in [0.5, 0.6) is 0 Å². The maximum atomic E-state index is 12.8. The maximum Gasteiger partial charge on any atom is 0.417 e. The molecule has 118 valence electrons. The molecule has 1 amide bonds. The summed E-state index contributed by atoms with van der Waals surface area (Å²) in [6, 6.07) is 4.85. The van der Waals surface area contributed by atoms with Crippen molar-refractivity contribution in [2.75, 3.05) is 19.6 Å². The first-order valence-electron chi connectivity index (χ1n) is 6.63. The van der Waals surface area contributed by atoms with Gasteiger partial charge in [-0.15, -0.1) is 12.4 Å². The summed E-state index contributed by atoms with van der Waals surface area (Å²) in [7, 11) is 0. The highest BCUT2D eigenvalue weighted by Gasteiger charge is 2.34. The summed E-state index contributed by atoms with van der Waals surface area (Å²) in [6.45, 7) is 2.28. The molecule has 0 aliphatic carbocycles. The molecule has 2 N–H and O–H groups in total. The minimum absolute atomic E-state index is 0. The lowest BCUT2D eigenvalue weighted by molar-refractivity contribution is -0.137. The molecule has 0 bridgehead atoms. The quantitative estimate of drug-likeness (QED) is 0.895. The van der Waals surface area contributed by atoms with Crippen LogP contribution < -0.4 is 10.6 Å². The predicted octanol–water partition coefficient (Wildman–Crippen LogP) is 2.86. The Morgan fingerprint density at radius 3 is 2.67 bits per heavy atom. The highest BCUT2D eigenvalue weighted by molar-refractivity contribution is 5.95. The molecule has 21 heavy (non-hydrogen) atoms. The molecule has 1 saturated heterocycles. The Hall–Kier alpha value is -1.27. The fraction of sp³-hybridized carbons (Fsp3) is 0.500. The number of hydrogen-bond donors (Lipinski definition) is 2. The van der Waals surface area contributed by atoms with Gasteiger partial charge < -0.3 is 10.6 Å². The number of carbonyl (C=O) groups is 1. The summed E-state index contributed by atoms with van der Waals surface area (Å²) in [5.41, 5.74) is -1.20. The van der Waals surface area contributed by atoms with Gasteiger partial charge in [-0.2, -0.15) is 13.2 Å². The zero-order valence-corrected chi connectivity index (χ0v) is 12.2. The fourth-order valence-corrected chi connectivity index (χ4v) is 2.37. The van der Waals surface area contributed by atoms with Crippen molar-refractivity contribution in [1.82, 2.24) is 10.6 Å². The molecular weight excluding hydrogens is 305 g/mol. The molecule has 0 spiro atoms. The normalized spacial score (nSPS) is 18.1. The van der Waals surface area contributed by atoms with Gasteiger partial charge in [-0.25, -0.2) is 0 Å². The standard InChI is InChI=1S/C14H17F3N2O.ClH/c15-14(16,17)12-4-2-1-3-11(12)13(20)19-8-6-10-5-7-18-9-10;/h1-4,10,18H,5-9H2,(H,19,20);1H. The van der Waals surface area contributed by atoms with Gasteiger partial charge in [0, 0.05) is 6.54 Å². The van der Waals surface area contributed by atoms with Crippen molar-refractivity contribution in [3.05, 3.63) is 35.4 Å². The van der Waals surface area contributed by atoms with Crippen LogP contribution in [0.2, 0.25) is 0 Å². The molecule has 0 radical (unpaired) electrons. The Kier molecular flexibility index (Phi) is 6.48. The molecule has 2 rings (SSSR count). The lowest BCUT2D eigenvalue weighted by Crippen LogP contribution is -2.28. The number of rotatable bonds is 4. The summed E-state index contributed by atoms with van der Waals surface area (Å²) in [4.78, 5) is 11.9. The van der Waals surface area contributed by atoms with Crippen molar-refractivity contribution in [1.29, 1.82) is 0 Å².